The van der Waals surface area contributed by atoms with Gasteiger partial charge < -0.3 is 31.9 Å². The summed E-state index contributed by atoms with van der Waals surface area (Å²) in [4.78, 5) is 0. The molecule has 6 N–H and O–H groups in total. The molecule has 57 heavy (non-hydrogen) atoms. The topological polar surface area (TPSA) is 304 Å². The molecule has 5 rings (SSSR count). The Morgan fingerprint density at radius 2 is 0.772 bits per heavy atom. The normalized spacial score (nSPS) is 19.0. The molecule has 1 heterocycles. The Hall–Kier alpha value is -3.11. The third-order valence-electron chi connectivity index (χ3n) is 8.19. The van der Waals surface area contributed by atoms with E-state index >= 15 is 0 Å². The zero-order valence-electron chi connectivity index (χ0n) is 32.4. The van der Waals surface area contributed by atoms with Crippen molar-refractivity contribution in [1.82, 2.24) is 31.9 Å². The van der Waals surface area contributed by atoms with Crippen LogP contribution in [0, 0.1) is 43.1 Å². The summed E-state index contributed by atoms with van der Waals surface area (Å²) in [5.41, 5.74) is 2.57. The second-order valence-corrected chi connectivity index (χ2v) is 14.5. The zero-order chi connectivity index (χ0) is 42.1. The van der Waals surface area contributed by atoms with E-state index in [1.807, 2.05) is 0 Å². The Morgan fingerprint density at radius 1 is 0.526 bits per heavy atom. The van der Waals surface area contributed by atoms with E-state index < -0.39 is 20.5 Å². The van der Waals surface area contributed by atoms with Crippen molar-refractivity contribution < 1.29 is 74.2 Å². The number of fused-ring (bicyclic) bond motifs is 2. The standard InChI is InChI=1S/C34H46N6.2C2H3N.2ClHO4.Ni/c1-33(39-21-29-13-7-11-27-9-3-5-15-31(27)29)23-35-17-19-37-25-34(2,26-38-20-18-36-24-33)40-22-30-14-8-12-28-10-4-6-16-32(28)30;2*1-2-3;2*2-1(3,4)5;/h3-16,35-40H,17-26H2,1-2H3;2*1H3;2*(H,2,3,4,5);/q;;;;;+2/p-2. The average molecular weight is 878 g/mol. The molecule has 0 atom stereocenters. The van der Waals surface area contributed by atoms with Crippen LogP contribution in [-0.4, -0.2) is 63.4 Å². The summed E-state index contributed by atoms with van der Waals surface area (Å²) < 4.78 is 67.9. The maximum absolute atomic E-state index is 8.49. The first kappa shape index (κ1) is 53.9. The van der Waals surface area contributed by atoms with Crippen molar-refractivity contribution in [3.8, 4) is 12.1 Å². The average Bonchev–Trinajstić information content (AvgIpc) is 3.12. The molecule has 0 saturated carbocycles. The second kappa shape index (κ2) is 28.3. The van der Waals surface area contributed by atoms with Crippen molar-refractivity contribution in [2.45, 2.75) is 51.9 Å². The van der Waals surface area contributed by atoms with E-state index in [9.17, 15) is 0 Å². The van der Waals surface area contributed by atoms with Gasteiger partial charge in [-0.1, -0.05) is 84.9 Å². The molecule has 0 aliphatic carbocycles. The monoisotopic (exact) mass is 876 g/mol. The molecule has 0 bridgehead atoms. The van der Waals surface area contributed by atoms with E-state index in [4.69, 9.17) is 47.8 Å². The van der Waals surface area contributed by atoms with E-state index in [0.29, 0.717) is 0 Å². The number of nitrogens with zero attached hydrogens (tertiary/aromatic N) is 2. The smallest absolute Gasteiger partial charge is 0.314 e. The van der Waals surface area contributed by atoms with Crippen LogP contribution < -0.4 is 69.2 Å². The minimum atomic E-state index is -4.94. The number of benzene rings is 4. The first-order chi connectivity index (χ1) is 26.4. The fourth-order valence-corrected chi connectivity index (χ4v) is 5.70. The summed E-state index contributed by atoms with van der Waals surface area (Å²) in [7, 11) is -9.89. The molecule has 0 radical (unpaired) electrons. The van der Waals surface area contributed by atoms with E-state index in [1.165, 1.54) is 46.5 Å². The minimum Gasteiger partial charge on any atom is -0.314 e. The van der Waals surface area contributed by atoms with Gasteiger partial charge in [0.15, 0.2) is 0 Å². The number of hydrogen-bond donors (Lipinski definition) is 6. The van der Waals surface area contributed by atoms with E-state index in [2.05, 4.69) is 131 Å². The van der Waals surface area contributed by atoms with Gasteiger partial charge in [-0.05, 0) is 46.5 Å². The van der Waals surface area contributed by atoms with Gasteiger partial charge in [-0.15, -0.1) is 20.5 Å². The van der Waals surface area contributed by atoms with Crippen LogP contribution in [0.3, 0.4) is 0 Å². The Balaban J connectivity index is 0.00000158. The van der Waals surface area contributed by atoms with Gasteiger partial charge in [-0.3, -0.25) is 0 Å². The van der Waals surface area contributed by atoms with Crippen molar-refractivity contribution in [2.24, 2.45) is 0 Å². The molecule has 4 aromatic rings. The molecule has 0 spiro atoms. The summed E-state index contributed by atoms with van der Waals surface area (Å²) in [6, 6.07) is 34.0. The zero-order valence-corrected chi connectivity index (χ0v) is 34.9. The maximum Gasteiger partial charge on any atom is 2.00 e. The molecule has 316 valence electrons. The molecule has 1 aliphatic heterocycles. The van der Waals surface area contributed by atoms with Gasteiger partial charge in [-0.2, -0.15) is 10.5 Å². The molecular weight excluding hydrogens is 826 g/mol. The molecule has 0 aromatic heterocycles. The maximum atomic E-state index is 8.49. The first-order valence-corrected chi connectivity index (χ1v) is 20.0. The third-order valence-corrected chi connectivity index (χ3v) is 8.19. The van der Waals surface area contributed by atoms with Crippen molar-refractivity contribution in [3.05, 3.63) is 96.1 Å². The largest absolute Gasteiger partial charge is 2.00 e. The molecule has 1 fully saturated rings. The Bertz CT molecular complexity index is 1620. The van der Waals surface area contributed by atoms with Gasteiger partial charge in [0.1, 0.15) is 0 Å². The number of halogens is 2. The van der Waals surface area contributed by atoms with Crippen molar-refractivity contribution in [3.63, 3.8) is 0 Å². The molecule has 4 aromatic carbocycles. The number of nitriles is 2. The van der Waals surface area contributed by atoms with Gasteiger partial charge in [-0.25, -0.2) is 37.3 Å². The van der Waals surface area contributed by atoms with Gasteiger partial charge in [0.2, 0.25) is 0 Å². The van der Waals surface area contributed by atoms with Crippen LogP contribution in [0.5, 0.6) is 0 Å². The molecule has 1 aliphatic rings. The SMILES string of the molecule is CC#N.CC#N.CC1(NCc2cccc3ccccc23)CNCCNCC(C)(NCc2cccc3ccccc23)CNCCNC1.[Ni+2].[O-][Cl+3]([O-])([O-])[O-].[O-][Cl+3]([O-])([O-])[O-]. The Morgan fingerprint density at radius 3 is 1.05 bits per heavy atom. The van der Waals surface area contributed by atoms with Gasteiger partial charge in [0, 0.05) is 90.4 Å². The number of rotatable bonds is 6. The predicted molar refractivity (Wildman–Crippen MR) is 192 cm³/mol. The second-order valence-electron chi connectivity index (χ2n) is 13.0. The number of hydrogen-bond acceptors (Lipinski definition) is 16. The van der Waals surface area contributed by atoms with Gasteiger partial charge >= 0.3 is 16.5 Å². The summed E-state index contributed by atoms with van der Waals surface area (Å²) in [6.45, 7) is 16.5. The summed E-state index contributed by atoms with van der Waals surface area (Å²) in [5.74, 6) is 0. The molecule has 0 amide bonds. The van der Waals surface area contributed by atoms with Crippen molar-refractivity contribution in [2.75, 3.05) is 52.4 Å². The van der Waals surface area contributed by atoms with Crippen molar-refractivity contribution in [1.29, 1.82) is 10.5 Å². The van der Waals surface area contributed by atoms with Crippen LogP contribution in [0.2, 0.25) is 0 Å². The summed E-state index contributed by atoms with van der Waals surface area (Å²) in [6.07, 6.45) is 0. The fraction of sp³-hybridized carbons (Fsp3) is 0.421. The van der Waals surface area contributed by atoms with E-state index in [1.54, 1.807) is 12.1 Å². The van der Waals surface area contributed by atoms with E-state index in [0.717, 1.165) is 65.4 Å². The molecule has 16 nitrogen and oxygen atoms in total. The first-order valence-electron chi connectivity index (χ1n) is 17.5. The van der Waals surface area contributed by atoms with Gasteiger partial charge in [0.05, 0.1) is 12.1 Å². The predicted octanol–water partition coefficient (Wildman–Crippen LogP) is -4.69. The van der Waals surface area contributed by atoms with Crippen LogP contribution in [-0.2, 0) is 29.6 Å². The van der Waals surface area contributed by atoms with Crippen molar-refractivity contribution >= 4 is 21.5 Å². The molecule has 1 saturated heterocycles. The summed E-state index contributed by atoms with van der Waals surface area (Å²) in [5, 5.41) is 42.5. The molecular formula is C38H52Cl2N8NiO8. The number of nitrogens with one attached hydrogen (secondary N) is 6. The van der Waals surface area contributed by atoms with Crippen LogP contribution in [0.15, 0.2) is 84.9 Å². The van der Waals surface area contributed by atoms with Crippen LogP contribution in [0.4, 0.5) is 0 Å². The van der Waals surface area contributed by atoms with Crippen LogP contribution in [0.25, 0.3) is 21.5 Å². The Kier molecular flexibility index (Phi) is 26.8. The Labute approximate surface area is 349 Å². The van der Waals surface area contributed by atoms with Crippen LogP contribution >= 0.6 is 0 Å². The fourth-order valence-electron chi connectivity index (χ4n) is 5.70. The van der Waals surface area contributed by atoms with E-state index in [-0.39, 0.29) is 27.6 Å². The molecule has 0 unspecified atom stereocenters. The summed E-state index contributed by atoms with van der Waals surface area (Å²) >= 11 is 0. The van der Waals surface area contributed by atoms with Gasteiger partial charge in [0.25, 0.3) is 0 Å². The van der Waals surface area contributed by atoms with Crippen LogP contribution in [0.1, 0.15) is 38.8 Å². The quantitative estimate of drug-likeness (QED) is 0.0992. The minimum absolute atomic E-state index is 0. The third kappa shape index (κ3) is 25.8. The molecule has 19 heteroatoms.